The van der Waals surface area contributed by atoms with Gasteiger partial charge in [-0.1, -0.05) is 0 Å². The van der Waals surface area contributed by atoms with E-state index in [1.165, 1.54) is 11.3 Å². The van der Waals surface area contributed by atoms with Gasteiger partial charge in [0, 0.05) is 38.1 Å². The summed E-state index contributed by atoms with van der Waals surface area (Å²) >= 11 is 1.54. The van der Waals surface area contributed by atoms with Crippen LogP contribution in [-0.2, 0) is 44.9 Å². The van der Waals surface area contributed by atoms with E-state index in [1.807, 2.05) is 66.8 Å². The van der Waals surface area contributed by atoms with Crippen molar-refractivity contribution < 1.29 is 57.4 Å². The summed E-state index contributed by atoms with van der Waals surface area (Å²) < 4.78 is 52.6. The number of azo groups is 1. The summed E-state index contributed by atoms with van der Waals surface area (Å²) in [5.41, 5.74) is 3.47. The summed E-state index contributed by atoms with van der Waals surface area (Å²) in [6, 6.07) is 11.7. The van der Waals surface area contributed by atoms with Gasteiger partial charge in [-0.3, -0.25) is 0 Å². The minimum Gasteiger partial charge on any atom is -0.497 e. The van der Waals surface area contributed by atoms with Crippen LogP contribution in [0, 0.1) is 6.92 Å². The van der Waals surface area contributed by atoms with Crippen LogP contribution in [0.4, 0.5) is 16.5 Å². The highest BCUT2D eigenvalue weighted by Crippen LogP contribution is 2.31. The predicted octanol–water partition coefficient (Wildman–Crippen LogP) is 4.12. The Hall–Kier alpha value is -2.87. The number of ether oxygens (including phenoxy) is 9. The number of aryl methyl sites for hydroxylation is 2. The smallest absolute Gasteiger partial charge is 0.409 e. The van der Waals surface area contributed by atoms with Gasteiger partial charge in [0.05, 0.1) is 116 Å². The van der Waals surface area contributed by atoms with E-state index in [-0.39, 0.29) is 13.2 Å². The third-order valence-corrected chi connectivity index (χ3v) is 8.84. The standard InChI is InChI=1S/C37H59N4O11S/c1-5-45-13-6-14-46-17-20-51-25-26-52-29-36(43)41(11-15-47-18-21-49-23-24-50-22-19-48-16-12-42)31-7-9-33(30(2)27-31)38-39-37-40(3)34-10-8-32(44-4)28-35(34)53-37/h7-10,27-28,36,42-43H,5-6,11-26,29H2,1-4H3/q+1. The van der Waals surface area contributed by atoms with Gasteiger partial charge in [-0.15, -0.1) is 0 Å². The summed E-state index contributed by atoms with van der Waals surface area (Å²) in [7, 11) is 3.62. The first kappa shape index (κ1) is 44.5. The van der Waals surface area contributed by atoms with Gasteiger partial charge in [0.15, 0.2) is 6.23 Å². The molecule has 15 nitrogen and oxygen atoms in total. The molecule has 0 aliphatic rings. The van der Waals surface area contributed by atoms with Crippen LogP contribution in [0.15, 0.2) is 46.6 Å². The molecule has 0 saturated heterocycles. The second-order valence-corrected chi connectivity index (χ2v) is 12.7. The first-order chi connectivity index (χ1) is 26.0. The topological polar surface area (TPSA) is 155 Å². The number of thiazole rings is 1. The van der Waals surface area contributed by atoms with Crippen LogP contribution < -0.4 is 14.2 Å². The molecule has 0 saturated carbocycles. The Labute approximate surface area is 317 Å². The Morgan fingerprint density at radius 2 is 1.34 bits per heavy atom. The van der Waals surface area contributed by atoms with E-state index < -0.39 is 6.23 Å². The summed E-state index contributed by atoms with van der Waals surface area (Å²) in [5, 5.41) is 29.8. The molecule has 1 heterocycles. The molecule has 16 heteroatoms. The van der Waals surface area contributed by atoms with Gasteiger partial charge in [-0.2, -0.15) is 0 Å². The van der Waals surface area contributed by atoms with Crippen molar-refractivity contribution in [2.45, 2.75) is 26.5 Å². The number of benzene rings is 2. The Balaban J connectivity index is 1.50. The number of hydrogen-bond acceptors (Lipinski definition) is 15. The summed E-state index contributed by atoms with van der Waals surface area (Å²) in [5.74, 6) is 0.795. The molecule has 1 unspecified atom stereocenters. The maximum atomic E-state index is 11.2. The van der Waals surface area contributed by atoms with Crippen LogP contribution in [0.1, 0.15) is 18.9 Å². The van der Waals surface area contributed by atoms with Crippen LogP contribution in [0.3, 0.4) is 0 Å². The van der Waals surface area contributed by atoms with E-state index in [2.05, 4.69) is 10.2 Å². The molecule has 0 spiro atoms. The van der Waals surface area contributed by atoms with Crippen molar-refractivity contribution in [1.29, 1.82) is 0 Å². The van der Waals surface area contributed by atoms with E-state index in [0.717, 1.165) is 44.5 Å². The number of anilines is 1. The number of rotatable bonds is 32. The number of hydrogen-bond donors (Lipinski definition) is 2. The van der Waals surface area contributed by atoms with E-state index in [0.29, 0.717) is 106 Å². The van der Waals surface area contributed by atoms with Crippen LogP contribution in [0.5, 0.6) is 5.75 Å². The number of aromatic nitrogens is 1. The van der Waals surface area contributed by atoms with Crippen molar-refractivity contribution in [2.24, 2.45) is 17.3 Å². The van der Waals surface area contributed by atoms with Gasteiger partial charge < -0.3 is 57.7 Å². The first-order valence-corrected chi connectivity index (χ1v) is 19.0. The quantitative estimate of drug-likeness (QED) is 0.0407. The van der Waals surface area contributed by atoms with E-state index >= 15 is 0 Å². The fourth-order valence-corrected chi connectivity index (χ4v) is 5.93. The Morgan fingerprint density at radius 1 is 0.736 bits per heavy atom. The molecule has 0 aliphatic heterocycles. The summed E-state index contributed by atoms with van der Waals surface area (Å²) in [4.78, 5) is 1.85. The van der Waals surface area contributed by atoms with Gasteiger partial charge >= 0.3 is 5.13 Å². The lowest BCUT2D eigenvalue weighted by Gasteiger charge is -2.30. The molecule has 2 N–H and O–H groups in total. The van der Waals surface area contributed by atoms with E-state index in [4.69, 9.17) is 47.7 Å². The number of methoxy groups -OCH3 is 1. The average molecular weight is 768 g/mol. The Kier molecular flexibility index (Phi) is 23.2. The van der Waals surface area contributed by atoms with Gasteiger partial charge in [0.2, 0.25) is 0 Å². The van der Waals surface area contributed by atoms with Gasteiger partial charge in [0.25, 0.3) is 0 Å². The van der Waals surface area contributed by atoms with Gasteiger partial charge in [-0.25, -0.2) is 4.57 Å². The number of fused-ring (bicyclic) bond motifs is 1. The van der Waals surface area contributed by atoms with Crippen molar-refractivity contribution in [1.82, 2.24) is 0 Å². The minimum atomic E-state index is -0.927. The highest BCUT2D eigenvalue weighted by molar-refractivity contribution is 7.21. The zero-order valence-corrected chi connectivity index (χ0v) is 32.6. The molecule has 53 heavy (non-hydrogen) atoms. The van der Waals surface area contributed by atoms with Crippen LogP contribution in [0.25, 0.3) is 10.2 Å². The highest BCUT2D eigenvalue weighted by atomic mass is 32.1. The third kappa shape index (κ3) is 17.4. The zero-order valence-electron chi connectivity index (χ0n) is 31.7. The van der Waals surface area contributed by atoms with E-state index in [9.17, 15) is 5.11 Å². The number of aliphatic hydroxyl groups excluding tert-OH is 2. The van der Waals surface area contributed by atoms with Crippen molar-refractivity contribution in [2.75, 3.05) is 131 Å². The lowest BCUT2D eigenvalue weighted by Crippen LogP contribution is -2.41. The molecule has 1 aromatic heterocycles. The number of aliphatic hydroxyl groups is 2. The van der Waals surface area contributed by atoms with Gasteiger partial charge in [0.1, 0.15) is 17.0 Å². The maximum absolute atomic E-state index is 11.2. The molecule has 0 aliphatic carbocycles. The zero-order chi connectivity index (χ0) is 37.9. The fourth-order valence-electron chi connectivity index (χ4n) is 4.93. The highest BCUT2D eigenvalue weighted by Gasteiger charge is 2.19. The summed E-state index contributed by atoms with van der Waals surface area (Å²) in [6.07, 6.45) is -0.0681. The molecule has 2 aromatic carbocycles. The second-order valence-electron chi connectivity index (χ2n) is 11.6. The van der Waals surface area contributed by atoms with Crippen molar-refractivity contribution in [3.05, 3.63) is 42.0 Å². The van der Waals surface area contributed by atoms with Crippen LogP contribution in [0.2, 0.25) is 0 Å². The molecule has 0 amide bonds. The Bertz CT molecular complexity index is 1430. The SMILES string of the molecule is CCOCCCOCCOCCOCC(O)N(CCOCCOCCOCCOCCO)c1ccc(N=Nc2sc3cc(OC)ccc3[n+]2C)c(C)c1. The third-order valence-electron chi connectivity index (χ3n) is 7.75. The summed E-state index contributed by atoms with van der Waals surface area (Å²) in [6.45, 7) is 11.5. The second kappa shape index (κ2) is 27.7. The largest absolute Gasteiger partial charge is 0.497 e. The first-order valence-electron chi connectivity index (χ1n) is 18.1. The van der Waals surface area contributed by atoms with Crippen molar-refractivity contribution in [3.8, 4) is 5.75 Å². The molecule has 0 bridgehead atoms. The average Bonchev–Trinajstić information content (AvgIpc) is 3.48. The minimum absolute atomic E-state index is 0.000288. The van der Waals surface area contributed by atoms with Crippen molar-refractivity contribution in [3.63, 3.8) is 0 Å². The number of nitrogens with zero attached hydrogens (tertiary/aromatic N) is 4. The molecule has 298 valence electrons. The maximum Gasteiger partial charge on any atom is 0.409 e. The fraction of sp³-hybridized carbons (Fsp3) is 0.649. The molecule has 0 fully saturated rings. The predicted molar refractivity (Wildman–Crippen MR) is 202 cm³/mol. The lowest BCUT2D eigenvalue weighted by molar-refractivity contribution is -0.627. The molecular weight excluding hydrogens is 708 g/mol. The van der Waals surface area contributed by atoms with E-state index in [1.54, 1.807) is 7.11 Å². The lowest BCUT2D eigenvalue weighted by atomic mass is 10.1. The molecule has 0 radical (unpaired) electrons. The molecule has 3 rings (SSSR count). The van der Waals surface area contributed by atoms with Crippen molar-refractivity contribution >= 4 is 38.1 Å². The molecular formula is C37H59N4O11S+. The Morgan fingerprint density at radius 3 is 1.96 bits per heavy atom. The monoisotopic (exact) mass is 767 g/mol. The van der Waals surface area contributed by atoms with Gasteiger partial charge in [-0.05, 0) is 72.6 Å². The molecule has 3 aromatic rings. The molecule has 1 atom stereocenters. The van der Waals surface area contributed by atoms with Crippen LogP contribution in [-0.4, -0.2) is 142 Å². The normalized spacial score (nSPS) is 12.3. The van der Waals surface area contributed by atoms with Crippen LogP contribution >= 0.6 is 11.3 Å².